The van der Waals surface area contributed by atoms with Gasteiger partial charge in [-0.1, -0.05) is 19.3 Å². The van der Waals surface area contributed by atoms with Crippen LogP contribution in [0.25, 0.3) is 0 Å². The second kappa shape index (κ2) is 6.33. The van der Waals surface area contributed by atoms with E-state index in [1.165, 1.54) is 6.42 Å². The quantitative estimate of drug-likeness (QED) is 0.905. The summed E-state index contributed by atoms with van der Waals surface area (Å²) in [5, 5.41) is 12.1. The Morgan fingerprint density at radius 1 is 1.47 bits per heavy atom. The second-order valence-electron chi connectivity index (χ2n) is 5.11. The van der Waals surface area contributed by atoms with Crippen LogP contribution in [0.1, 0.15) is 48.2 Å². The minimum atomic E-state index is -0.382. The number of pyridine rings is 1. The fourth-order valence-corrected chi connectivity index (χ4v) is 2.67. The Balaban J connectivity index is 2.04. The van der Waals surface area contributed by atoms with Crippen molar-refractivity contribution in [2.24, 2.45) is 5.92 Å². The van der Waals surface area contributed by atoms with Gasteiger partial charge in [0.1, 0.15) is 6.04 Å². The van der Waals surface area contributed by atoms with E-state index >= 15 is 0 Å². The first-order chi connectivity index (χ1) is 9.22. The number of amides is 1. The number of carbonyl (C=O) groups excluding carboxylic acids is 1. The van der Waals surface area contributed by atoms with Gasteiger partial charge in [0.05, 0.1) is 11.6 Å². The summed E-state index contributed by atoms with van der Waals surface area (Å²) < 4.78 is 0. The first-order valence-corrected chi connectivity index (χ1v) is 6.84. The predicted octanol–water partition coefficient (Wildman–Crippen LogP) is 2.59. The highest BCUT2D eigenvalue weighted by Gasteiger charge is 2.25. The summed E-state index contributed by atoms with van der Waals surface area (Å²) in [4.78, 5) is 16.3. The van der Waals surface area contributed by atoms with Gasteiger partial charge in [-0.3, -0.25) is 9.78 Å². The summed E-state index contributed by atoms with van der Waals surface area (Å²) in [6.07, 6.45) is 7.28. The lowest BCUT2D eigenvalue weighted by molar-refractivity contribution is 0.0928. The van der Waals surface area contributed by atoms with E-state index in [1.807, 2.05) is 0 Å². The van der Waals surface area contributed by atoms with Gasteiger partial charge < -0.3 is 5.32 Å². The molecule has 0 spiro atoms. The maximum absolute atomic E-state index is 12.2. The van der Waals surface area contributed by atoms with Crippen LogP contribution in [0.15, 0.2) is 18.3 Å². The monoisotopic (exact) mass is 257 g/mol. The first kappa shape index (κ1) is 13.5. The van der Waals surface area contributed by atoms with Crippen LogP contribution in [-0.2, 0) is 0 Å². The molecule has 4 nitrogen and oxygen atoms in total. The summed E-state index contributed by atoms with van der Waals surface area (Å²) >= 11 is 0. The molecule has 1 heterocycles. The molecule has 0 aromatic carbocycles. The summed E-state index contributed by atoms with van der Waals surface area (Å²) in [7, 11) is 0. The van der Waals surface area contributed by atoms with Crippen molar-refractivity contribution in [2.75, 3.05) is 0 Å². The van der Waals surface area contributed by atoms with Crippen LogP contribution in [0, 0.1) is 24.2 Å². The number of hydrogen-bond donors (Lipinski definition) is 1. The van der Waals surface area contributed by atoms with Gasteiger partial charge in [0.25, 0.3) is 5.91 Å². The van der Waals surface area contributed by atoms with Crippen molar-refractivity contribution in [1.29, 1.82) is 5.26 Å². The van der Waals surface area contributed by atoms with Crippen molar-refractivity contribution in [1.82, 2.24) is 10.3 Å². The third-order valence-electron chi connectivity index (χ3n) is 3.80. The Labute approximate surface area is 113 Å². The van der Waals surface area contributed by atoms with E-state index in [0.29, 0.717) is 17.2 Å². The van der Waals surface area contributed by atoms with Gasteiger partial charge in [-0.15, -0.1) is 0 Å². The van der Waals surface area contributed by atoms with E-state index in [2.05, 4.69) is 16.4 Å². The van der Waals surface area contributed by atoms with Crippen LogP contribution in [-0.4, -0.2) is 16.9 Å². The van der Waals surface area contributed by atoms with Crippen molar-refractivity contribution in [3.63, 3.8) is 0 Å². The normalized spacial score (nSPS) is 17.5. The molecule has 1 atom stereocenters. The molecule has 19 heavy (non-hydrogen) atoms. The third kappa shape index (κ3) is 3.31. The minimum absolute atomic E-state index is 0.192. The van der Waals surface area contributed by atoms with E-state index < -0.39 is 0 Å². The SMILES string of the molecule is Cc1ncccc1C(=O)NC(C#N)C1CCCCC1. The average Bonchev–Trinajstić information content (AvgIpc) is 2.46. The molecule has 1 fully saturated rings. The first-order valence-electron chi connectivity index (χ1n) is 6.84. The number of rotatable bonds is 3. The van der Waals surface area contributed by atoms with Crippen molar-refractivity contribution in [2.45, 2.75) is 45.1 Å². The van der Waals surface area contributed by atoms with Crippen molar-refractivity contribution in [3.8, 4) is 6.07 Å². The van der Waals surface area contributed by atoms with E-state index in [9.17, 15) is 10.1 Å². The molecule has 1 unspecified atom stereocenters. The number of hydrogen-bond acceptors (Lipinski definition) is 3. The predicted molar refractivity (Wildman–Crippen MR) is 72.4 cm³/mol. The maximum Gasteiger partial charge on any atom is 0.254 e. The number of nitriles is 1. The lowest BCUT2D eigenvalue weighted by atomic mass is 9.84. The molecule has 1 amide bonds. The molecule has 1 saturated carbocycles. The Morgan fingerprint density at radius 2 is 2.21 bits per heavy atom. The number of nitrogens with one attached hydrogen (secondary N) is 1. The van der Waals surface area contributed by atoms with Gasteiger partial charge in [-0.05, 0) is 37.8 Å². The van der Waals surface area contributed by atoms with Gasteiger partial charge in [0, 0.05) is 11.9 Å². The molecule has 1 aliphatic carbocycles. The fraction of sp³-hybridized carbons (Fsp3) is 0.533. The molecule has 0 bridgehead atoms. The fourth-order valence-electron chi connectivity index (χ4n) is 2.67. The molecule has 4 heteroatoms. The molecule has 1 aromatic heterocycles. The van der Waals surface area contributed by atoms with Crippen molar-refractivity contribution < 1.29 is 4.79 Å². The van der Waals surface area contributed by atoms with Gasteiger partial charge in [0.2, 0.25) is 0 Å². The van der Waals surface area contributed by atoms with Crippen LogP contribution in [0.3, 0.4) is 0 Å². The smallest absolute Gasteiger partial charge is 0.254 e. The highest BCUT2D eigenvalue weighted by atomic mass is 16.1. The van der Waals surface area contributed by atoms with Crippen LogP contribution < -0.4 is 5.32 Å². The summed E-state index contributed by atoms with van der Waals surface area (Å²) in [6.45, 7) is 1.80. The lowest BCUT2D eigenvalue weighted by Crippen LogP contribution is -2.40. The van der Waals surface area contributed by atoms with Crippen LogP contribution in [0.4, 0.5) is 0 Å². The molecule has 0 radical (unpaired) electrons. The minimum Gasteiger partial charge on any atom is -0.336 e. The second-order valence-corrected chi connectivity index (χ2v) is 5.11. The summed E-state index contributed by atoms with van der Waals surface area (Å²) in [5.41, 5.74) is 1.25. The van der Waals surface area contributed by atoms with E-state index in [0.717, 1.165) is 25.7 Å². The van der Waals surface area contributed by atoms with Crippen LogP contribution in [0.5, 0.6) is 0 Å². The summed E-state index contributed by atoms with van der Waals surface area (Å²) in [6, 6.07) is 5.34. The molecule has 100 valence electrons. The van der Waals surface area contributed by atoms with Crippen LogP contribution in [0.2, 0.25) is 0 Å². The Morgan fingerprint density at radius 3 is 2.84 bits per heavy atom. The molecule has 1 N–H and O–H groups in total. The maximum atomic E-state index is 12.2. The highest BCUT2D eigenvalue weighted by molar-refractivity contribution is 5.95. The highest BCUT2D eigenvalue weighted by Crippen LogP contribution is 2.26. The van der Waals surface area contributed by atoms with Gasteiger partial charge in [-0.25, -0.2) is 0 Å². The number of aryl methyl sites for hydroxylation is 1. The zero-order chi connectivity index (χ0) is 13.7. The Kier molecular flexibility index (Phi) is 4.51. The van der Waals surface area contributed by atoms with Gasteiger partial charge in [0.15, 0.2) is 0 Å². The largest absolute Gasteiger partial charge is 0.336 e. The van der Waals surface area contributed by atoms with Crippen molar-refractivity contribution in [3.05, 3.63) is 29.6 Å². The van der Waals surface area contributed by atoms with E-state index in [-0.39, 0.29) is 11.9 Å². The number of aromatic nitrogens is 1. The average molecular weight is 257 g/mol. The third-order valence-corrected chi connectivity index (χ3v) is 3.80. The molecule has 0 saturated heterocycles. The standard InChI is InChI=1S/C15H19N3O/c1-11-13(8-5-9-17-11)15(19)18-14(10-16)12-6-3-2-4-7-12/h5,8-9,12,14H,2-4,6-7H2,1H3,(H,18,19). The molecule has 1 aliphatic rings. The summed E-state index contributed by atoms with van der Waals surface area (Å²) in [5.74, 6) is 0.0994. The Hall–Kier alpha value is -1.89. The number of carbonyl (C=O) groups is 1. The van der Waals surface area contributed by atoms with E-state index in [1.54, 1.807) is 25.3 Å². The zero-order valence-electron chi connectivity index (χ0n) is 11.2. The van der Waals surface area contributed by atoms with Gasteiger partial charge >= 0.3 is 0 Å². The lowest BCUT2D eigenvalue weighted by Gasteiger charge is -2.26. The van der Waals surface area contributed by atoms with Crippen LogP contribution >= 0.6 is 0 Å². The Bertz CT molecular complexity index is 486. The van der Waals surface area contributed by atoms with Gasteiger partial charge in [-0.2, -0.15) is 5.26 Å². The molecule has 1 aromatic rings. The molecular formula is C15H19N3O. The van der Waals surface area contributed by atoms with E-state index in [4.69, 9.17) is 0 Å². The number of nitrogens with zero attached hydrogens (tertiary/aromatic N) is 2. The molecular weight excluding hydrogens is 238 g/mol. The molecule has 0 aliphatic heterocycles. The zero-order valence-corrected chi connectivity index (χ0v) is 11.2. The topological polar surface area (TPSA) is 65.8 Å². The molecule has 2 rings (SSSR count). The van der Waals surface area contributed by atoms with Crippen molar-refractivity contribution >= 4 is 5.91 Å².